The third-order valence-electron chi connectivity index (χ3n) is 4.36. The predicted molar refractivity (Wildman–Crippen MR) is 92.8 cm³/mol. The van der Waals surface area contributed by atoms with Gasteiger partial charge in [0.2, 0.25) is 0 Å². The third kappa shape index (κ3) is 2.29. The van der Waals surface area contributed by atoms with Gasteiger partial charge in [0.1, 0.15) is 0 Å². The Balaban J connectivity index is 2.43. The van der Waals surface area contributed by atoms with Crippen LogP contribution in [0.1, 0.15) is 46.0 Å². The molecule has 23 heavy (non-hydrogen) atoms. The highest BCUT2D eigenvalue weighted by Crippen LogP contribution is 2.30. The Morgan fingerprint density at radius 3 is 1.87 bits per heavy atom. The maximum Gasteiger partial charge on any atom is 0.162 e. The first-order chi connectivity index (χ1) is 10.9. The Hall–Kier alpha value is -2.68. The van der Waals surface area contributed by atoms with Gasteiger partial charge in [-0.3, -0.25) is 9.59 Å². The lowest BCUT2D eigenvalue weighted by atomic mass is 10.0. The van der Waals surface area contributed by atoms with E-state index in [4.69, 9.17) is 0 Å². The van der Waals surface area contributed by atoms with Crippen molar-refractivity contribution in [3.8, 4) is 5.69 Å². The zero-order valence-electron chi connectivity index (χ0n) is 13.8. The number of ketones is 2. The lowest BCUT2D eigenvalue weighted by molar-refractivity contribution is 0.0981. The number of nitrogens with zero attached hydrogens (tertiary/aromatic N) is 1. The van der Waals surface area contributed by atoms with E-state index in [1.54, 1.807) is 0 Å². The van der Waals surface area contributed by atoms with E-state index in [1.807, 2.05) is 42.7 Å². The molecule has 0 spiro atoms. The number of carbonyl (C=O) groups is 2. The first-order valence-corrected chi connectivity index (χ1v) is 7.65. The van der Waals surface area contributed by atoms with Crippen molar-refractivity contribution in [2.24, 2.45) is 0 Å². The summed E-state index contributed by atoms with van der Waals surface area (Å²) in [6, 6.07) is 14.2. The van der Waals surface area contributed by atoms with Crippen molar-refractivity contribution in [2.75, 3.05) is 0 Å². The standard InChI is InChI=1S/C20H19NO2/c1-12-19(14(3)22)20(15(4)23)13(2)21(12)18-11-7-9-16-8-5-6-10-17(16)18/h5-11H,1-4H3. The van der Waals surface area contributed by atoms with Gasteiger partial charge < -0.3 is 4.57 Å². The van der Waals surface area contributed by atoms with Crippen molar-refractivity contribution >= 4 is 22.3 Å². The summed E-state index contributed by atoms with van der Waals surface area (Å²) in [5.74, 6) is -0.149. The van der Waals surface area contributed by atoms with Crippen LogP contribution in [0.5, 0.6) is 0 Å². The highest BCUT2D eigenvalue weighted by atomic mass is 16.1. The molecule has 0 radical (unpaired) electrons. The summed E-state index contributed by atoms with van der Waals surface area (Å²) in [6.07, 6.45) is 0. The van der Waals surface area contributed by atoms with Gasteiger partial charge in [0.25, 0.3) is 0 Å². The van der Waals surface area contributed by atoms with E-state index < -0.39 is 0 Å². The molecule has 2 aromatic carbocycles. The minimum absolute atomic E-state index is 0.0743. The minimum Gasteiger partial charge on any atom is -0.316 e. The number of aromatic nitrogens is 1. The molecule has 0 aliphatic carbocycles. The number of hydrogen-bond donors (Lipinski definition) is 0. The Bertz CT molecular complexity index is 905. The second-order valence-corrected chi connectivity index (χ2v) is 5.87. The number of fused-ring (bicyclic) bond motifs is 1. The molecule has 3 rings (SSSR count). The molecule has 116 valence electrons. The quantitative estimate of drug-likeness (QED) is 0.661. The smallest absolute Gasteiger partial charge is 0.162 e. The molecule has 1 heterocycles. The summed E-state index contributed by atoms with van der Waals surface area (Å²) in [4.78, 5) is 24.2. The van der Waals surface area contributed by atoms with Crippen LogP contribution in [0.4, 0.5) is 0 Å². The van der Waals surface area contributed by atoms with Gasteiger partial charge >= 0.3 is 0 Å². The first-order valence-electron chi connectivity index (χ1n) is 7.65. The van der Waals surface area contributed by atoms with E-state index in [-0.39, 0.29) is 11.6 Å². The van der Waals surface area contributed by atoms with Crippen LogP contribution in [-0.4, -0.2) is 16.1 Å². The molecule has 0 saturated carbocycles. The van der Waals surface area contributed by atoms with Gasteiger partial charge in [-0.15, -0.1) is 0 Å². The summed E-state index contributed by atoms with van der Waals surface area (Å²) in [7, 11) is 0. The fourth-order valence-corrected chi connectivity index (χ4v) is 3.46. The maximum atomic E-state index is 12.1. The van der Waals surface area contributed by atoms with E-state index in [2.05, 4.69) is 18.2 Å². The van der Waals surface area contributed by atoms with Crippen LogP contribution in [0, 0.1) is 13.8 Å². The number of Topliss-reactive ketones (excluding diaryl/α,β-unsaturated/α-hetero) is 2. The van der Waals surface area contributed by atoms with Crippen molar-refractivity contribution in [2.45, 2.75) is 27.7 Å². The van der Waals surface area contributed by atoms with Gasteiger partial charge in [-0.25, -0.2) is 0 Å². The van der Waals surface area contributed by atoms with Gasteiger partial charge in [0.15, 0.2) is 11.6 Å². The van der Waals surface area contributed by atoms with Gasteiger partial charge in [-0.1, -0.05) is 36.4 Å². The molecule has 0 saturated heterocycles. The van der Waals surface area contributed by atoms with Crippen LogP contribution in [0.25, 0.3) is 16.5 Å². The lowest BCUT2D eigenvalue weighted by Crippen LogP contribution is -2.02. The van der Waals surface area contributed by atoms with E-state index in [0.717, 1.165) is 27.8 Å². The lowest BCUT2D eigenvalue weighted by Gasteiger charge is -2.13. The fraction of sp³-hybridized carbons (Fsp3) is 0.200. The van der Waals surface area contributed by atoms with Crippen molar-refractivity contribution in [3.63, 3.8) is 0 Å². The molecule has 3 nitrogen and oxygen atoms in total. The van der Waals surface area contributed by atoms with Crippen LogP contribution in [0.3, 0.4) is 0 Å². The first kappa shape index (κ1) is 15.2. The van der Waals surface area contributed by atoms with Crippen molar-refractivity contribution in [3.05, 3.63) is 65.0 Å². The van der Waals surface area contributed by atoms with Gasteiger partial charge in [-0.05, 0) is 39.1 Å². The van der Waals surface area contributed by atoms with Crippen LogP contribution in [-0.2, 0) is 0 Å². The molecule has 0 fully saturated rings. The van der Waals surface area contributed by atoms with Crippen molar-refractivity contribution in [1.29, 1.82) is 0 Å². The molecule has 0 unspecified atom stereocenters. The molecule has 3 heteroatoms. The van der Waals surface area contributed by atoms with E-state index in [9.17, 15) is 9.59 Å². The second kappa shape index (κ2) is 5.51. The van der Waals surface area contributed by atoms with Crippen LogP contribution in [0.15, 0.2) is 42.5 Å². The Morgan fingerprint density at radius 1 is 0.783 bits per heavy atom. The Labute approximate surface area is 135 Å². The highest BCUT2D eigenvalue weighted by molar-refractivity contribution is 6.09. The van der Waals surface area contributed by atoms with Crippen LogP contribution < -0.4 is 0 Å². The van der Waals surface area contributed by atoms with Crippen LogP contribution >= 0.6 is 0 Å². The van der Waals surface area contributed by atoms with Gasteiger partial charge in [0, 0.05) is 27.9 Å². The van der Waals surface area contributed by atoms with E-state index >= 15 is 0 Å². The predicted octanol–water partition coefficient (Wildman–Crippen LogP) is 4.65. The fourth-order valence-electron chi connectivity index (χ4n) is 3.46. The molecule has 0 amide bonds. The van der Waals surface area contributed by atoms with Crippen LogP contribution in [0.2, 0.25) is 0 Å². The minimum atomic E-state index is -0.0743. The van der Waals surface area contributed by atoms with Crippen molar-refractivity contribution < 1.29 is 9.59 Å². The summed E-state index contributed by atoms with van der Waals surface area (Å²) < 4.78 is 2.02. The zero-order chi connectivity index (χ0) is 16.7. The monoisotopic (exact) mass is 305 g/mol. The summed E-state index contributed by atoms with van der Waals surface area (Å²) in [5, 5.41) is 2.23. The second-order valence-electron chi connectivity index (χ2n) is 5.87. The SMILES string of the molecule is CC(=O)c1c(C(C)=O)c(C)n(-c2cccc3ccccc23)c1C. The number of hydrogen-bond acceptors (Lipinski definition) is 2. The molecule has 0 aliphatic rings. The molecule has 0 bridgehead atoms. The summed E-state index contributed by atoms with van der Waals surface area (Å²) in [6.45, 7) is 6.83. The average molecular weight is 305 g/mol. The molecule has 0 aliphatic heterocycles. The van der Waals surface area contributed by atoms with E-state index in [0.29, 0.717) is 11.1 Å². The molecule has 0 N–H and O–H groups in total. The van der Waals surface area contributed by atoms with Crippen molar-refractivity contribution in [1.82, 2.24) is 4.57 Å². The third-order valence-corrected chi connectivity index (χ3v) is 4.36. The maximum absolute atomic E-state index is 12.1. The average Bonchev–Trinajstić information content (AvgIpc) is 2.78. The topological polar surface area (TPSA) is 39.1 Å². The van der Waals surface area contributed by atoms with Gasteiger partial charge in [0.05, 0.1) is 5.69 Å². The number of rotatable bonds is 3. The number of carbonyl (C=O) groups excluding carboxylic acids is 2. The van der Waals surface area contributed by atoms with Gasteiger partial charge in [-0.2, -0.15) is 0 Å². The molecule has 0 atom stereocenters. The normalized spacial score (nSPS) is 11.0. The molecule has 1 aromatic heterocycles. The summed E-state index contributed by atoms with van der Waals surface area (Å²) >= 11 is 0. The number of benzene rings is 2. The largest absolute Gasteiger partial charge is 0.316 e. The Kier molecular flexibility index (Phi) is 3.64. The summed E-state index contributed by atoms with van der Waals surface area (Å²) in [5.41, 5.74) is 3.69. The Morgan fingerprint density at radius 2 is 1.30 bits per heavy atom. The van der Waals surface area contributed by atoms with E-state index in [1.165, 1.54) is 13.8 Å². The highest BCUT2D eigenvalue weighted by Gasteiger charge is 2.24. The molecule has 3 aromatic rings. The zero-order valence-corrected chi connectivity index (χ0v) is 13.8. The molecular weight excluding hydrogens is 286 g/mol. The molecular formula is C20H19NO2.